The molecule has 0 spiro atoms. The van der Waals surface area contributed by atoms with Crippen molar-refractivity contribution in [3.8, 4) is 0 Å². The third-order valence-corrected chi connectivity index (χ3v) is 3.16. The van der Waals surface area contributed by atoms with Crippen molar-refractivity contribution in [3.05, 3.63) is 12.7 Å². The van der Waals surface area contributed by atoms with Crippen molar-refractivity contribution in [1.82, 2.24) is 15.5 Å². The van der Waals surface area contributed by atoms with Crippen molar-refractivity contribution in [3.63, 3.8) is 0 Å². The van der Waals surface area contributed by atoms with Gasteiger partial charge in [-0.3, -0.25) is 9.69 Å². The summed E-state index contributed by atoms with van der Waals surface area (Å²) in [6, 6.07) is -0.0261. The van der Waals surface area contributed by atoms with E-state index >= 15 is 0 Å². The Balaban J connectivity index is 2.34. The molecule has 4 nitrogen and oxygen atoms in total. The van der Waals surface area contributed by atoms with Crippen molar-refractivity contribution < 1.29 is 4.79 Å². The highest BCUT2D eigenvalue weighted by molar-refractivity contribution is 5.81. The van der Waals surface area contributed by atoms with Gasteiger partial charge in [0.15, 0.2) is 0 Å². The third kappa shape index (κ3) is 3.61. The van der Waals surface area contributed by atoms with Crippen LogP contribution in [0.25, 0.3) is 0 Å². The van der Waals surface area contributed by atoms with Crippen molar-refractivity contribution in [1.29, 1.82) is 0 Å². The minimum atomic E-state index is -0.0261. The van der Waals surface area contributed by atoms with Crippen LogP contribution in [0, 0.1) is 5.92 Å². The Labute approximate surface area is 98.1 Å². The number of hydrogen-bond donors (Lipinski definition) is 2. The lowest BCUT2D eigenvalue weighted by atomic mass is 10.1. The molecule has 1 saturated heterocycles. The second-order valence-corrected chi connectivity index (χ2v) is 4.42. The number of rotatable bonds is 6. The first-order valence-corrected chi connectivity index (χ1v) is 5.96. The normalized spacial score (nSPS) is 23.0. The van der Waals surface area contributed by atoms with Crippen LogP contribution in [0.3, 0.4) is 0 Å². The number of likely N-dealkylation sites (tertiary alicyclic amines) is 1. The molecular weight excluding hydrogens is 202 g/mol. The molecule has 0 saturated carbocycles. The van der Waals surface area contributed by atoms with Gasteiger partial charge in [-0.15, -0.1) is 6.58 Å². The lowest BCUT2D eigenvalue weighted by Crippen LogP contribution is -2.44. The smallest absolute Gasteiger partial charge is 0.237 e. The minimum absolute atomic E-state index is 0.0261. The minimum Gasteiger partial charge on any atom is -0.351 e. The quantitative estimate of drug-likeness (QED) is 0.636. The molecule has 4 heteroatoms. The van der Waals surface area contributed by atoms with Crippen LogP contribution in [-0.4, -0.2) is 50.1 Å². The molecule has 2 N–H and O–H groups in total. The summed E-state index contributed by atoms with van der Waals surface area (Å²) in [5, 5.41) is 6.03. The maximum Gasteiger partial charge on any atom is 0.237 e. The monoisotopic (exact) mass is 225 g/mol. The predicted octanol–water partition coefficient (Wildman–Crippen LogP) is 0.218. The zero-order chi connectivity index (χ0) is 12.0. The van der Waals surface area contributed by atoms with E-state index < -0.39 is 0 Å². The summed E-state index contributed by atoms with van der Waals surface area (Å²) in [6.07, 6.45) is 2.89. The first kappa shape index (κ1) is 13.2. The van der Waals surface area contributed by atoms with Crippen LogP contribution in [0.2, 0.25) is 0 Å². The van der Waals surface area contributed by atoms with Gasteiger partial charge in [0.25, 0.3) is 0 Å². The lowest BCUT2D eigenvalue weighted by molar-refractivity contribution is -0.125. The van der Waals surface area contributed by atoms with E-state index in [9.17, 15) is 4.79 Å². The molecule has 1 amide bonds. The molecule has 0 aromatic rings. The molecule has 92 valence electrons. The van der Waals surface area contributed by atoms with Crippen LogP contribution in [0.4, 0.5) is 0 Å². The van der Waals surface area contributed by atoms with Crippen LogP contribution in [0.5, 0.6) is 0 Å². The number of amides is 1. The Morgan fingerprint density at radius 3 is 3.06 bits per heavy atom. The molecule has 0 bridgehead atoms. The van der Waals surface area contributed by atoms with Gasteiger partial charge in [-0.2, -0.15) is 0 Å². The molecule has 1 fully saturated rings. The largest absolute Gasteiger partial charge is 0.351 e. The van der Waals surface area contributed by atoms with Gasteiger partial charge in [-0.05, 0) is 39.4 Å². The number of hydrogen-bond acceptors (Lipinski definition) is 3. The zero-order valence-corrected chi connectivity index (χ0v) is 10.3. The second-order valence-electron chi connectivity index (χ2n) is 4.42. The van der Waals surface area contributed by atoms with Crippen LogP contribution in [0.1, 0.15) is 13.3 Å². The summed E-state index contributed by atoms with van der Waals surface area (Å²) in [4.78, 5) is 14.0. The van der Waals surface area contributed by atoms with Gasteiger partial charge in [-0.1, -0.05) is 6.08 Å². The molecule has 0 radical (unpaired) electrons. The zero-order valence-electron chi connectivity index (χ0n) is 10.3. The predicted molar refractivity (Wildman–Crippen MR) is 66.3 cm³/mol. The van der Waals surface area contributed by atoms with Crippen molar-refractivity contribution in [2.75, 3.05) is 33.2 Å². The van der Waals surface area contributed by atoms with Gasteiger partial charge in [0.05, 0.1) is 6.04 Å². The molecule has 0 aromatic carbocycles. The fourth-order valence-corrected chi connectivity index (χ4v) is 2.16. The SMILES string of the molecule is C=CCNC(=O)C(C)N1CCC(CNC)C1. The van der Waals surface area contributed by atoms with E-state index in [2.05, 4.69) is 22.1 Å². The van der Waals surface area contributed by atoms with Crippen molar-refractivity contribution >= 4 is 5.91 Å². The summed E-state index contributed by atoms with van der Waals surface area (Å²) < 4.78 is 0. The van der Waals surface area contributed by atoms with E-state index in [1.807, 2.05) is 14.0 Å². The Kier molecular flexibility index (Phi) is 5.49. The molecule has 0 aromatic heterocycles. The van der Waals surface area contributed by atoms with Gasteiger partial charge in [0, 0.05) is 13.1 Å². The summed E-state index contributed by atoms with van der Waals surface area (Å²) in [5.41, 5.74) is 0. The molecule has 0 aliphatic carbocycles. The van der Waals surface area contributed by atoms with E-state index in [1.165, 1.54) is 6.42 Å². The molecule has 1 aliphatic heterocycles. The summed E-state index contributed by atoms with van der Waals surface area (Å²) in [6.45, 7) is 9.19. The summed E-state index contributed by atoms with van der Waals surface area (Å²) in [5.74, 6) is 0.782. The van der Waals surface area contributed by atoms with E-state index in [4.69, 9.17) is 0 Å². The van der Waals surface area contributed by atoms with Crippen molar-refractivity contribution in [2.45, 2.75) is 19.4 Å². The van der Waals surface area contributed by atoms with E-state index in [1.54, 1.807) is 6.08 Å². The Hall–Kier alpha value is -0.870. The number of nitrogens with one attached hydrogen (secondary N) is 2. The fraction of sp³-hybridized carbons (Fsp3) is 0.750. The standard InChI is InChI=1S/C12H23N3O/c1-4-6-14-12(16)10(2)15-7-5-11(9-15)8-13-3/h4,10-11,13H,1,5-9H2,2-3H3,(H,14,16). The van der Waals surface area contributed by atoms with E-state index in [-0.39, 0.29) is 11.9 Å². The topological polar surface area (TPSA) is 44.4 Å². The second kappa shape index (κ2) is 6.66. The van der Waals surface area contributed by atoms with E-state index in [0.29, 0.717) is 12.5 Å². The Bertz CT molecular complexity index is 242. The highest BCUT2D eigenvalue weighted by Crippen LogP contribution is 2.17. The molecular formula is C12H23N3O. The van der Waals surface area contributed by atoms with Gasteiger partial charge in [0.2, 0.25) is 5.91 Å². The first-order chi connectivity index (χ1) is 7.69. The summed E-state index contributed by atoms with van der Waals surface area (Å²) in [7, 11) is 1.98. The van der Waals surface area contributed by atoms with Crippen LogP contribution in [-0.2, 0) is 4.79 Å². The number of carbonyl (C=O) groups excluding carboxylic acids is 1. The summed E-state index contributed by atoms with van der Waals surface area (Å²) >= 11 is 0. The Morgan fingerprint density at radius 2 is 2.44 bits per heavy atom. The third-order valence-electron chi connectivity index (χ3n) is 3.16. The number of nitrogens with zero attached hydrogens (tertiary/aromatic N) is 1. The first-order valence-electron chi connectivity index (χ1n) is 5.96. The van der Waals surface area contributed by atoms with Gasteiger partial charge in [0.1, 0.15) is 0 Å². The van der Waals surface area contributed by atoms with Crippen LogP contribution in [0.15, 0.2) is 12.7 Å². The molecule has 1 aliphatic rings. The molecule has 16 heavy (non-hydrogen) atoms. The van der Waals surface area contributed by atoms with Crippen LogP contribution < -0.4 is 10.6 Å². The number of carbonyl (C=O) groups is 1. The Morgan fingerprint density at radius 1 is 1.69 bits per heavy atom. The van der Waals surface area contributed by atoms with Gasteiger partial charge in [-0.25, -0.2) is 0 Å². The van der Waals surface area contributed by atoms with Gasteiger partial charge < -0.3 is 10.6 Å². The maximum absolute atomic E-state index is 11.7. The fourth-order valence-electron chi connectivity index (χ4n) is 2.16. The highest BCUT2D eigenvalue weighted by atomic mass is 16.2. The average Bonchev–Trinajstić information content (AvgIpc) is 2.74. The highest BCUT2D eigenvalue weighted by Gasteiger charge is 2.28. The average molecular weight is 225 g/mol. The van der Waals surface area contributed by atoms with E-state index in [0.717, 1.165) is 19.6 Å². The maximum atomic E-state index is 11.7. The molecule has 2 atom stereocenters. The van der Waals surface area contributed by atoms with Crippen molar-refractivity contribution in [2.24, 2.45) is 5.92 Å². The van der Waals surface area contributed by atoms with Crippen LogP contribution >= 0.6 is 0 Å². The molecule has 2 unspecified atom stereocenters. The lowest BCUT2D eigenvalue weighted by Gasteiger charge is -2.23. The van der Waals surface area contributed by atoms with Gasteiger partial charge >= 0.3 is 0 Å². The molecule has 1 rings (SSSR count). The molecule has 1 heterocycles.